The molecule has 0 aromatic carbocycles. The molecule has 2 aliphatic rings. The first-order valence-electron chi connectivity index (χ1n) is 12.0. The van der Waals surface area contributed by atoms with E-state index in [0.29, 0.717) is 39.5 Å². The number of anilines is 1. The van der Waals surface area contributed by atoms with E-state index in [9.17, 15) is 4.79 Å². The summed E-state index contributed by atoms with van der Waals surface area (Å²) in [7, 11) is 0. The van der Waals surface area contributed by atoms with Crippen molar-refractivity contribution < 1.29 is 9.32 Å². The number of hydrogen-bond donors (Lipinski definition) is 1. The number of nitrogens with zero attached hydrogens (tertiary/aromatic N) is 6. The molecule has 5 aromatic rings. The van der Waals surface area contributed by atoms with Crippen molar-refractivity contribution in [3.63, 3.8) is 0 Å². The van der Waals surface area contributed by atoms with E-state index in [2.05, 4.69) is 25.0 Å². The highest BCUT2D eigenvalue weighted by molar-refractivity contribution is 6.32. The van der Waals surface area contributed by atoms with Crippen LogP contribution in [0.2, 0.25) is 5.15 Å². The van der Waals surface area contributed by atoms with Crippen molar-refractivity contribution in [2.75, 3.05) is 5.32 Å². The highest BCUT2D eigenvalue weighted by atomic mass is 35.5. The van der Waals surface area contributed by atoms with E-state index >= 15 is 0 Å². The number of imidazole rings is 2. The minimum absolute atomic E-state index is 0.280. The molecule has 0 atom stereocenters. The molecular weight excluding hydrogens is 478 g/mol. The maximum atomic E-state index is 13.3. The Labute approximate surface area is 211 Å². The summed E-state index contributed by atoms with van der Waals surface area (Å²) in [6.07, 6.45) is 9.40. The molecule has 0 unspecified atom stereocenters. The summed E-state index contributed by atoms with van der Waals surface area (Å²) >= 11 is 6.62. The van der Waals surface area contributed by atoms with E-state index in [1.54, 1.807) is 16.8 Å². The summed E-state index contributed by atoms with van der Waals surface area (Å²) in [5, 5.41) is 7.81. The molecule has 5 aromatic heterocycles. The van der Waals surface area contributed by atoms with Gasteiger partial charge >= 0.3 is 0 Å². The van der Waals surface area contributed by atoms with Crippen molar-refractivity contribution in [1.29, 1.82) is 0 Å². The number of aromatic nitrogens is 6. The third-order valence-corrected chi connectivity index (χ3v) is 7.28. The van der Waals surface area contributed by atoms with Gasteiger partial charge in [-0.05, 0) is 49.9 Å². The molecule has 9 nitrogen and oxygen atoms in total. The van der Waals surface area contributed by atoms with Crippen molar-refractivity contribution in [1.82, 2.24) is 29.1 Å². The highest BCUT2D eigenvalue weighted by Crippen LogP contribution is 2.41. The van der Waals surface area contributed by atoms with Gasteiger partial charge in [-0.3, -0.25) is 14.2 Å². The number of carbonyl (C=O) groups excluding carboxylic acids is 1. The summed E-state index contributed by atoms with van der Waals surface area (Å²) in [6.45, 7) is 2.78. The third kappa shape index (κ3) is 3.50. The molecule has 1 N–H and O–H groups in total. The van der Waals surface area contributed by atoms with Crippen LogP contribution in [0.5, 0.6) is 0 Å². The van der Waals surface area contributed by atoms with Gasteiger partial charge in [-0.2, -0.15) is 0 Å². The lowest BCUT2D eigenvalue weighted by atomic mass is 10.1. The van der Waals surface area contributed by atoms with Gasteiger partial charge in [-0.25, -0.2) is 9.97 Å². The van der Waals surface area contributed by atoms with Crippen molar-refractivity contribution in [3.05, 3.63) is 70.9 Å². The fourth-order valence-corrected chi connectivity index (χ4v) is 5.05. The van der Waals surface area contributed by atoms with Crippen LogP contribution in [0.3, 0.4) is 0 Å². The molecule has 180 valence electrons. The Balaban J connectivity index is 1.20. The van der Waals surface area contributed by atoms with Gasteiger partial charge in [-0.1, -0.05) is 16.8 Å². The number of amides is 1. The topological polar surface area (TPSA) is 103 Å². The van der Waals surface area contributed by atoms with Crippen LogP contribution in [-0.2, 0) is 13.0 Å². The molecule has 1 saturated carbocycles. The third-order valence-electron chi connectivity index (χ3n) is 6.90. The van der Waals surface area contributed by atoms with Crippen LogP contribution in [-0.4, -0.2) is 35.0 Å². The first kappa shape index (κ1) is 21.3. The lowest BCUT2D eigenvalue weighted by Gasteiger charge is -2.10. The minimum atomic E-state index is -0.280. The standard InChI is InChI=1S/C26H22ClN7O2/c1-14-11-28-18(19-10-21(36-32-19)15-4-5-15)9-17(14)30-26(35)20-12-29-22-7-6-16(13-34(20)22)24-25(27)33-8-2-3-23(33)31-24/h6-7,9-13,15H,2-5,8H2,1H3,(H,28,30,35). The van der Waals surface area contributed by atoms with Crippen molar-refractivity contribution in [2.45, 2.75) is 45.1 Å². The zero-order chi connectivity index (χ0) is 24.4. The van der Waals surface area contributed by atoms with E-state index in [4.69, 9.17) is 21.1 Å². The molecule has 1 aliphatic carbocycles. The van der Waals surface area contributed by atoms with E-state index in [0.717, 1.165) is 60.6 Å². The predicted octanol–water partition coefficient (Wildman–Crippen LogP) is 5.29. The summed E-state index contributed by atoms with van der Waals surface area (Å²) in [4.78, 5) is 27.0. The Kier molecular flexibility index (Phi) is 4.75. The Bertz CT molecular complexity index is 1660. The van der Waals surface area contributed by atoms with E-state index in [1.807, 2.05) is 37.4 Å². The van der Waals surface area contributed by atoms with Crippen LogP contribution in [0.1, 0.15) is 52.8 Å². The van der Waals surface area contributed by atoms with Gasteiger partial charge in [0.1, 0.15) is 39.5 Å². The fraction of sp³-hybridized carbons (Fsp3) is 0.269. The number of halogens is 1. The smallest absolute Gasteiger partial charge is 0.274 e. The second kappa shape index (κ2) is 8.03. The monoisotopic (exact) mass is 499 g/mol. The minimum Gasteiger partial charge on any atom is -0.360 e. The molecule has 1 amide bonds. The van der Waals surface area contributed by atoms with Crippen LogP contribution in [0.4, 0.5) is 5.69 Å². The van der Waals surface area contributed by atoms with Crippen molar-refractivity contribution >= 4 is 28.8 Å². The lowest BCUT2D eigenvalue weighted by molar-refractivity contribution is 0.102. The van der Waals surface area contributed by atoms with Crippen molar-refractivity contribution in [2.24, 2.45) is 0 Å². The van der Waals surface area contributed by atoms with Crippen LogP contribution in [0.15, 0.2) is 47.4 Å². The van der Waals surface area contributed by atoms with E-state index in [-0.39, 0.29) is 5.91 Å². The number of nitrogens with one attached hydrogen (secondary N) is 1. The number of carbonyl (C=O) groups is 1. The second-order valence-corrected chi connectivity index (χ2v) is 9.80. The Morgan fingerprint density at radius 3 is 2.89 bits per heavy atom. The molecule has 0 radical (unpaired) electrons. The van der Waals surface area contributed by atoms with Gasteiger partial charge in [0.15, 0.2) is 0 Å². The summed E-state index contributed by atoms with van der Waals surface area (Å²) < 4.78 is 9.29. The van der Waals surface area contributed by atoms with Gasteiger partial charge in [-0.15, -0.1) is 0 Å². The van der Waals surface area contributed by atoms with Crippen LogP contribution in [0.25, 0.3) is 28.3 Å². The maximum absolute atomic E-state index is 13.3. The first-order valence-corrected chi connectivity index (χ1v) is 12.4. The molecule has 6 heterocycles. The molecule has 10 heteroatoms. The second-order valence-electron chi connectivity index (χ2n) is 9.44. The van der Waals surface area contributed by atoms with Crippen LogP contribution in [0, 0.1) is 6.92 Å². The number of pyridine rings is 2. The fourth-order valence-electron chi connectivity index (χ4n) is 4.72. The summed E-state index contributed by atoms with van der Waals surface area (Å²) in [6, 6.07) is 7.55. The van der Waals surface area contributed by atoms with Crippen molar-refractivity contribution in [3.8, 4) is 22.6 Å². The van der Waals surface area contributed by atoms with Gasteiger partial charge < -0.3 is 14.4 Å². The molecule has 0 bridgehead atoms. The molecule has 0 saturated heterocycles. The highest BCUT2D eigenvalue weighted by Gasteiger charge is 2.28. The quantitative estimate of drug-likeness (QED) is 0.352. The molecule has 1 aliphatic heterocycles. The van der Waals surface area contributed by atoms with Gasteiger partial charge in [0.2, 0.25) is 0 Å². The van der Waals surface area contributed by atoms with E-state index < -0.39 is 0 Å². The Morgan fingerprint density at radius 1 is 1.17 bits per heavy atom. The number of fused-ring (bicyclic) bond motifs is 2. The SMILES string of the molecule is Cc1cnc(-c2cc(C3CC3)on2)cc1NC(=O)c1cnc2ccc(-c3nc4n(c3Cl)CCC4)cn12. The number of rotatable bonds is 5. The Morgan fingerprint density at radius 2 is 2.06 bits per heavy atom. The average Bonchev–Trinajstić information content (AvgIpc) is 3.23. The first-order chi connectivity index (χ1) is 17.5. The molecule has 36 heavy (non-hydrogen) atoms. The van der Waals surface area contributed by atoms with E-state index in [1.165, 1.54) is 0 Å². The predicted molar refractivity (Wildman–Crippen MR) is 134 cm³/mol. The van der Waals surface area contributed by atoms with Gasteiger partial charge in [0.05, 0.1) is 11.9 Å². The number of hydrogen-bond acceptors (Lipinski definition) is 6. The summed E-state index contributed by atoms with van der Waals surface area (Å²) in [5.74, 6) is 2.08. The molecule has 0 spiro atoms. The molecule has 7 rings (SSSR count). The average molecular weight is 500 g/mol. The normalized spacial score (nSPS) is 14.9. The van der Waals surface area contributed by atoms with Crippen LogP contribution < -0.4 is 5.32 Å². The number of aryl methyl sites for hydroxylation is 2. The summed E-state index contributed by atoms with van der Waals surface area (Å²) in [5.41, 5.74) is 5.43. The zero-order valence-corrected chi connectivity index (χ0v) is 20.3. The Hall–Kier alpha value is -3.98. The maximum Gasteiger partial charge on any atom is 0.274 e. The molecular formula is C26H22ClN7O2. The largest absolute Gasteiger partial charge is 0.360 e. The zero-order valence-electron chi connectivity index (χ0n) is 19.5. The lowest BCUT2D eigenvalue weighted by Crippen LogP contribution is -2.15. The van der Waals surface area contributed by atoms with Crippen LogP contribution >= 0.6 is 11.6 Å². The van der Waals surface area contributed by atoms with Gasteiger partial charge in [0, 0.05) is 48.6 Å². The molecule has 1 fully saturated rings. The van der Waals surface area contributed by atoms with Gasteiger partial charge in [0.25, 0.3) is 5.91 Å².